The van der Waals surface area contributed by atoms with Gasteiger partial charge in [0.15, 0.2) is 6.29 Å². The fraction of sp³-hybridized carbons (Fsp3) is 0.875. The molecule has 0 unspecified atom stereocenters. The highest BCUT2D eigenvalue weighted by Gasteiger charge is 2.44. The normalized spacial score (nSPS) is 23.1. The van der Waals surface area contributed by atoms with Gasteiger partial charge in [-0.2, -0.15) is 0 Å². The largest absolute Gasteiger partial charge is 0.394 e. The number of aliphatic hydroxyl groups is 6. The summed E-state index contributed by atoms with van der Waals surface area (Å²) >= 11 is 0. The maximum atomic E-state index is 12.9. The third-order valence-corrected chi connectivity index (χ3v) is 9.64. The monoisotopic (exact) mass is 714 g/mol. The molecule has 1 heterocycles. The third kappa shape index (κ3) is 21.9. The minimum Gasteiger partial charge on any atom is -0.394 e. The summed E-state index contributed by atoms with van der Waals surface area (Å²) in [5.74, 6) is -0.628. The molecule has 0 spiro atoms. The van der Waals surface area contributed by atoms with Crippen LogP contribution < -0.4 is 5.32 Å². The first-order chi connectivity index (χ1) is 24.3. The fourth-order valence-corrected chi connectivity index (χ4v) is 6.24. The third-order valence-electron chi connectivity index (χ3n) is 9.64. The van der Waals surface area contributed by atoms with E-state index in [1.54, 1.807) is 6.08 Å². The molecule has 1 fully saturated rings. The van der Waals surface area contributed by atoms with Crippen LogP contribution in [0.2, 0.25) is 0 Å². The Morgan fingerprint density at radius 1 is 0.680 bits per heavy atom. The lowest BCUT2D eigenvalue weighted by Gasteiger charge is -2.40. The lowest BCUT2D eigenvalue weighted by Crippen LogP contribution is -2.60. The standard InChI is InChI=1S/C40H75NO9/c1-3-5-7-9-11-13-15-17-19-20-22-24-26-28-33(43)32(31-49-40-38(47)37(46)36(45)35(30-42)50-40)41-39(48)34(44)29-27-25-23-21-18-16-14-12-10-8-6-4-2/h19-20,26,28,32-38,40,42-47H,3-18,21-25,27,29-31H2,1-2H3,(H,41,48)/b20-19-,28-26+/t32-,33+,34-,35+,36+,37-,38+,40+/m0/s1. The van der Waals surface area contributed by atoms with E-state index in [0.717, 1.165) is 32.1 Å². The maximum Gasteiger partial charge on any atom is 0.249 e. The average Bonchev–Trinajstić information content (AvgIpc) is 3.11. The van der Waals surface area contributed by atoms with E-state index in [1.165, 1.54) is 96.3 Å². The lowest BCUT2D eigenvalue weighted by atomic mass is 9.99. The summed E-state index contributed by atoms with van der Waals surface area (Å²) in [6.07, 6.45) is 24.1. The molecule has 0 radical (unpaired) electrons. The number of hydrogen-bond donors (Lipinski definition) is 7. The van der Waals surface area contributed by atoms with Crippen LogP contribution in [0.1, 0.15) is 162 Å². The van der Waals surface area contributed by atoms with E-state index < -0.39 is 61.5 Å². The summed E-state index contributed by atoms with van der Waals surface area (Å²) in [5, 5.41) is 64.3. The van der Waals surface area contributed by atoms with Crippen LogP contribution in [0.15, 0.2) is 24.3 Å². The van der Waals surface area contributed by atoms with Gasteiger partial charge in [-0.1, -0.05) is 154 Å². The Hall–Kier alpha value is -1.37. The van der Waals surface area contributed by atoms with Crippen molar-refractivity contribution in [1.29, 1.82) is 0 Å². The number of rotatable bonds is 32. The van der Waals surface area contributed by atoms with E-state index in [2.05, 4.69) is 31.3 Å². The molecule has 50 heavy (non-hydrogen) atoms. The quantitative estimate of drug-likeness (QED) is 0.0320. The summed E-state index contributed by atoms with van der Waals surface area (Å²) in [5.41, 5.74) is 0. The summed E-state index contributed by atoms with van der Waals surface area (Å²) in [7, 11) is 0. The second-order valence-electron chi connectivity index (χ2n) is 14.2. The van der Waals surface area contributed by atoms with Crippen LogP contribution in [0.3, 0.4) is 0 Å². The maximum absolute atomic E-state index is 12.9. The molecule has 1 rings (SSSR count). The smallest absolute Gasteiger partial charge is 0.249 e. The molecular weight excluding hydrogens is 638 g/mol. The van der Waals surface area contributed by atoms with Gasteiger partial charge >= 0.3 is 0 Å². The molecule has 294 valence electrons. The van der Waals surface area contributed by atoms with E-state index in [-0.39, 0.29) is 6.61 Å². The molecule has 7 N–H and O–H groups in total. The van der Waals surface area contributed by atoms with E-state index in [0.29, 0.717) is 19.3 Å². The van der Waals surface area contributed by atoms with Gasteiger partial charge in [-0.05, 0) is 32.1 Å². The van der Waals surface area contributed by atoms with Gasteiger partial charge in [0.25, 0.3) is 0 Å². The van der Waals surface area contributed by atoms with Crippen molar-refractivity contribution in [2.45, 2.75) is 210 Å². The Bertz CT molecular complexity index is 855. The number of nitrogens with one attached hydrogen (secondary N) is 1. The second-order valence-corrected chi connectivity index (χ2v) is 14.2. The van der Waals surface area contributed by atoms with Crippen molar-refractivity contribution in [3.63, 3.8) is 0 Å². The Morgan fingerprint density at radius 2 is 1.18 bits per heavy atom. The van der Waals surface area contributed by atoms with Crippen LogP contribution in [0.4, 0.5) is 0 Å². The molecule has 0 saturated carbocycles. The molecule has 8 atom stereocenters. The van der Waals surface area contributed by atoms with Gasteiger partial charge in [0, 0.05) is 0 Å². The zero-order valence-corrected chi connectivity index (χ0v) is 31.5. The molecule has 1 saturated heterocycles. The number of carbonyl (C=O) groups is 1. The van der Waals surface area contributed by atoms with Crippen LogP contribution in [0.5, 0.6) is 0 Å². The Kier molecular flexibility index (Phi) is 29.1. The van der Waals surface area contributed by atoms with E-state index in [4.69, 9.17) is 9.47 Å². The Labute approximate surface area is 303 Å². The second kappa shape index (κ2) is 31.2. The predicted molar refractivity (Wildman–Crippen MR) is 199 cm³/mol. The zero-order chi connectivity index (χ0) is 36.8. The first kappa shape index (κ1) is 46.7. The molecule has 0 aliphatic carbocycles. The minimum atomic E-state index is -1.61. The topological polar surface area (TPSA) is 169 Å². The van der Waals surface area contributed by atoms with Crippen LogP contribution >= 0.6 is 0 Å². The minimum absolute atomic E-state index is 0.306. The van der Waals surface area contributed by atoms with Crippen molar-refractivity contribution in [2.24, 2.45) is 0 Å². The molecule has 0 aromatic heterocycles. The van der Waals surface area contributed by atoms with Gasteiger partial charge in [-0.25, -0.2) is 0 Å². The highest BCUT2D eigenvalue weighted by Crippen LogP contribution is 2.22. The van der Waals surface area contributed by atoms with E-state index in [1.807, 2.05) is 6.08 Å². The number of allylic oxidation sites excluding steroid dienone is 3. The van der Waals surface area contributed by atoms with Gasteiger partial charge < -0.3 is 45.4 Å². The number of hydrogen-bond acceptors (Lipinski definition) is 9. The molecular formula is C40H75NO9. The van der Waals surface area contributed by atoms with Crippen molar-refractivity contribution in [1.82, 2.24) is 5.32 Å². The summed E-state index contributed by atoms with van der Waals surface area (Å²) < 4.78 is 11.1. The molecule has 0 aromatic rings. The van der Waals surface area contributed by atoms with Gasteiger partial charge in [0.1, 0.15) is 30.5 Å². The number of ether oxygens (including phenoxy) is 2. The number of aliphatic hydroxyl groups excluding tert-OH is 6. The molecule has 0 aromatic carbocycles. The summed E-state index contributed by atoms with van der Waals surface area (Å²) in [6.45, 7) is 3.54. The van der Waals surface area contributed by atoms with Gasteiger partial charge in [0.2, 0.25) is 5.91 Å². The molecule has 0 bridgehead atoms. The van der Waals surface area contributed by atoms with Crippen molar-refractivity contribution < 1.29 is 44.9 Å². The Balaban J connectivity index is 2.54. The number of unbranched alkanes of at least 4 members (excludes halogenated alkanes) is 19. The SMILES string of the molecule is CCCCCCCCC/C=C\CC/C=C/[C@@H](O)[C@H](CO[C@@H]1O[C@H](CO)[C@@H](O)[C@H](O)[C@H]1O)NC(=O)[C@@H](O)CCCCCCCCCCCCCC. The lowest BCUT2D eigenvalue weighted by molar-refractivity contribution is -0.302. The van der Waals surface area contributed by atoms with E-state index >= 15 is 0 Å². The van der Waals surface area contributed by atoms with Crippen molar-refractivity contribution in [2.75, 3.05) is 13.2 Å². The predicted octanol–water partition coefficient (Wildman–Crippen LogP) is 6.13. The number of carbonyl (C=O) groups excluding carboxylic acids is 1. The van der Waals surface area contributed by atoms with Gasteiger partial charge in [0.05, 0.1) is 25.4 Å². The van der Waals surface area contributed by atoms with E-state index in [9.17, 15) is 35.4 Å². The van der Waals surface area contributed by atoms with Crippen molar-refractivity contribution in [3.05, 3.63) is 24.3 Å². The molecule has 1 aliphatic heterocycles. The van der Waals surface area contributed by atoms with Gasteiger partial charge in [-0.3, -0.25) is 4.79 Å². The average molecular weight is 714 g/mol. The fourth-order valence-electron chi connectivity index (χ4n) is 6.24. The van der Waals surface area contributed by atoms with Crippen LogP contribution in [0.25, 0.3) is 0 Å². The molecule has 10 nitrogen and oxygen atoms in total. The summed E-state index contributed by atoms with van der Waals surface area (Å²) in [4.78, 5) is 12.9. The van der Waals surface area contributed by atoms with Crippen molar-refractivity contribution >= 4 is 5.91 Å². The first-order valence-corrected chi connectivity index (χ1v) is 20.2. The number of amides is 1. The van der Waals surface area contributed by atoms with Gasteiger partial charge in [-0.15, -0.1) is 0 Å². The summed E-state index contributed by atoms with van der Waals surface area (Å²) in [6, 6.07) is -0.990. The molecule has 1 aliphatic rings. The highest BCUT2D eigenvalue weighted by atomic mass is 16.7. The highest BCUT2D eigenvalue weighted by molar-refractivity contribution is 5.80. The van der Waals surface area contributed by atoms with Crippen LogP contribution in [-0.4, -0.2) is 98.7 Å². The molecule has 10 heteroatoms. The zero-order valence-electron chi connectivity index (χ0n) is 31.5. The first-order valence-electron chi connectivity index (χ1n) is 20.2. The molecule has 1 amide bonds. The van der Waals surface area contributed by atoms with Crippen LogP contribution in [-0.2, 0) is 14.3 Å². The van der Waals surface area contributed by atoms with Crippen LogP contribution in [0, 0.1) is 0 Å². The Morgan fingerprint density at radius 3 is 1.74 bits per heavy atom. The van der Waals surface area contributed by atoms with Crippen molar-refractivity contribution in [3.8, 4) is 0 Å².